The molecule has 0 atom stereocenters. The number of carboxylic acids is 1. The molecule has 114 valence electrons. The molecule has 3 amide bonds. The Hall–Kier alpha value is -2.77. The van der Waals surface area contributed by atoms with Crippen molar-refractivity contribution in [1.29, 1.82) is 0 Å². The van der Waals surface area contributed by atoms with Gasteiger partial charge >= 0.3 is 18.1 Å². The van der Waals surface area contributed by atoms with E-state index >= 15 is 0 Å². The van der Waals surface area contributed by atoms with Crippen molar-refractivity contribution in [2.75, 3.05) is 18.5 Å². The number of nitrogens with two attached hydrogens (primary N) is 1. The molecule has 1 aromatic carbocycles. The van der Waals surface area contributed by atoms with Crippen LogP contribution in [0.2, 0.25) is 0 Å². The summed E-state index contributed by atoms with van der Waals surface area (Å²) in [7, 11) is 0. The second-order valence-corrected chi connectivity index (χ2v) is 4.10. The lowest BCUT2D eigenvalue weighted by molar-refractivity contribution is -0.136. The van der Waals surface area contributed by atoms with E-state index in [2.05, 4.69) is 15.4 Å². The molecule has 0 unspecified atom stereocenters. The SMILES string of the molecule is NC(=O)OCCNC(=O)Nc1ccccc1CCC(=O)O. The van der Waals surface area contributed by atoms with E-state index in [0.29, 0.717) is 12.1 Å². The lowest BCUT2D eigenvalue weighted by Crippen LogP contribution is -2.32. The molecule has 1 aromatic rings. The summed E-state index contributed by atoms with van der Waals surface area (Å²) in [5.74, 6) is -0.905. The van der Waals surface area contributed by atoms with Crippen molar-refractivity contribution in [2.45, 2.75) is 12.8 Å². The van der Waals surface area contributed by atoms with Crippen molar-refractivity contribution in [3.8, 4) is 0 Å². The molecule has 0 aliphatic carbocycles. The van der Waals surface area contributed by atoms with Crippen LogP contribution in [-0.2, 0) is 16.0 Å². The maximum absolute atomic E-state index is 11.6. The van der Waals surface area contributed by atoms with E-state index in [4.69, 9.17) is 10.8 Å². The standard InChI is InChI=1S/C13H17N3O5/c14-12(19)21-8-7-15-13(20)16-10-4-2-1-3-9(10)5-6-11(17)18/h1-4H,5-8H2,(H2,14,19)(H,17,18)(H2,15,16,20). The third-order valence-electron chi connectivity index (χ3n) is 2.51. The van der Waals surface area contributed by atoms with E-state index in [-0.39, 0.29) is 19.6 Å². The number of para-hydroxylation sites is 1. The number of anilines is 1. The first-order valence-electron chi connectivity index (χ1n) is 6.26. The molecule has 0 aliphatic heterocycles. The van der Waals surface area contributed by atoms with Gasteiger partial charge in [0.25, 0.3) is 0 Å². The van der Waals surface area contributed by atoms with Crippen molar-refractivity contribution in [3.05, 3.63) is 29.8 Å². The van der Waals surface area contributed by atoms with Crippen LogP contribution in [0.25, 0.3) is 0 Å². The quantitative estimate of drug-likeness (QED) is 0.555. The highest BCUT2D eigenvalue weighted by Gasteiger charge is 2.07. The van der Waals surface area contributed by atoms with Gasteiger partial charge in [0.15, 0.2) is 0 Å². The lowest BCUT2D eigenvalue weighted by atomic mass is 10.1. The summed E-state index contributed by atoms with van der Waals surface area (Å²) in [6.45, 7) is 0.0927. The van der Waals surface area contributed by atoms with Crippen molar-refractivity contribution in [1.82, 2.24) is 5.32 Å². The van der Waals surface area contributed by atoms with Gasteiger partial charge in [0.05, 0.1) is 6.54 Å². The zero-order valence-corrected chi connectivity index (χ0v) is 11.3. The molecule has 1 rings (SSSR count). The van der Waals surface area contributed by atoms with Crippen LogP contribution in [0, 0.1) is 0 Å². The predicted octanol–water partition coefficient (Wildman–Crippen LogP) is 0.921. The van der Waals surface area contributed by atoms with Gasteiger partial charge in [0.2, 0.25) is 0 Å². The normalized spacial score (nSPS) is 9.71. The largest absolute Gasteiger partial charge is 0.481 e. The number of carbonyl (C=O) groups is 3. The predicted molar refractivity (Wildman–Crippen MR) is 75.0 cm³/mol. The summed E-state index contributed by atoms with van der Waals surface area (Å²) < 4.78 is 4.46. The van der Waals surface area contributed by atoms with Crippen LogP contribution in [0.4, 0.5) is 15.3 Å². The third kappa shape index (κ3) is 6.81. The van der Waals surface area contributed by atoms with Gasteiger partial charge in [0, 0.05) is 12.1 Å². The number of rotatable bonds is 7. The van der Waals surface area contributed by atoms with Crippen molar-refractivity contribution in [3.63, 3.8) is 0 Å². The Labute approximate surface area is 121 Å². The number of benzene rings is 1. The maximum Gasteiger partial charge on any atom is 0.404 e. The van der Waals surface area contributed by atoms with Crippen LogP contribution in [0.1, 0.15) is 12.0 Å². The second-order valence-electron chi connectivity index (χ2n) is 4.10. The van der Waals surface area contributed by atoms with Crippen LogP contribution in [0.3, 0.4) is 0 Å². The first-order valence-corrected chi connectivity index (χ1v) is 6.26. The van der Waals surface area contributed by atoms with Gasteiger partial charge in [-0.1, -0.05) is 18.2 Å². The van der Waals surface area contributed by atoms with Crippen LogP contribution in [0.5, 0.6) is 0 Å². The van der Waals surface area contributed by atoms with E-state index in [1.807, 2.05) is 0 Å². The first-order chi connectivity index (χ1) is 9.99. The van der Waals surface area contributed by atoms with Crippen molar-refractivity contribution >= 4 is 23.8 Å². The number of aliphatic carboxylic acids is 1. The van der Waals surface area contributed by atoms with Gasteiger partial charge < -0.3 is 26.2 Å². The number of primary amides is 1. The molecule has 8 heteroatoms. The van der Waals surface area contributed by atoms with E-state index in [1.54, 1.807) is 24.3 Å². The zero-order valence-electron chi connectivity index (χ0n) is 11.3. The minimum atomic E-state index is -0.906. The smallest absolute Gasteiger partial charge is 0.404 e. The van der Waals surface area contributed by atoms with E-state index in [1.165, 1.54) is 0 Å². The third-order valence-corrected chi connectivity index (χ3v) is 2.51. The van der Waals surface area contributed by atoms with Crippen LogP contribution in [0.15, 0.2) is 24.3 Å². The summed E-state index contributed by atoms with van der Waals surface area (Å²) in [6.07, 6.45) is -0.611. The highest BCUT2D eigenvalue weighted by atomic mass is 16.5. The topological polar surface area (TPSA) is 131 Å². The Kier molecular flexibility index (Phi) is 6.52. The molecule has 0 radical (unpaired) electrons. The Morgan fingerprint density at radius 3 is 2.62 bits per heavy atom. The molecule has 0 aromatic heterocycles. The Bertz CT molecular complexity index is 518. The molecule has 5 N–H and O–H groups in total. The summed E-state index contributed by atoms with van der Waals surface area (Å²) in [6, 6.07) is 6.44. The molecule has 21 heavy (non-hydrogen) atoms. The zero-order chi connectivity index (χ0) is 15.7. The molecule has 8 nitrogen and oxygen atoms in total. The Balaban J connectivity index is 2.47. The fraction of sp³-hybridized carbons (Fsp3) is 0.308. The van der Waals surface area contributed by atoms with Crippen LogP contribution >= 0.6 is 0 Å². The number of hydrogen-bond donors (Lipinski definition) is 4. The molecule has 0 saturated heterocycles. The number of urea groups is 1. The van der Waals surface area contributed by atoms with Gasteiger partial charge in [-0.2, -0.15) is 0 Å². The van der Waals surface area contributed by atoms with Crippen molar-refractivity contribution in [2.24, 2.45) is 5.73 Å². The molecule has 0 bridgehead atoms. The van der Waals surface area contributed by atoms with Gasteiger partial charge in [-0.15, -0.1) is 0 Å². The van der Waals surface area contributed by atoms with E-state index in [0.717, 1.165) is 5.56 Å². The van der Waals surface area contributed by atoms with Crippen LogP contribution in [-0.4, -0.2) is 36.4 Å². The average Bonchev–Trinajstić information content (AvgIpc) is 2.42. The molecular formula is C13H17N3O5. The van der Waals surface area contributed by atoms with Crippen LogP contribution < -0.4 is 16.4 Å². The number of aryl methyl sites for hydroxylation is 1. The number of carboxylic acid groups (broad SMARTS) is 1. The minimum Gasteiger partial charge on any atom is -0.481 e. The fourth-order valence-corrected chi connectivity index (χ4v) is 1.58. The highest BCUT2D eigenvalue weighted by molar-refractivity contribution is 5.90. The average molecular weight is 295 g/mol. The van der Waals surface area contributed by atoms with E-state index in [9.17, 15) is 14.4 Å². The lowest BCUT2D eigenvalue weighted by Gasteiger charge is -2.11. The van der Waals surface area contributed by atoms with Gasteiger partial charge in [-0.25, -0.2) is 9.59 Å². The van der Waals surface area contributed by atoms with Gasteiger partial charge in [0.1, 0.15) is 6.61 Å². The molecule has 0 saturated carbocycles. The minimum absolute atomic E-state index is 0.0211. The number of ether oxygens (including phenoxy) is 1. The van der Waals surface area contributed by atoms with Gasteiger partial charge in [-0.05, 0) is 18.1 Å². The molecule has 0 spiro atoms. The summed E-state index contributed by atoms with van der Waals surface area (Å²) >= 11 is 0. The van der Waals surface area contributed by atoms with Crippen molar-refractivity contribution < 1.29 is 24.2 Å². The first kappa shape index (κ1) is 16.3. The molecule has 0 aliphatic rings. The Morgan fingerprint density at radius 2 is 1.95 bits per heavy atom. The number of nitrogens with one attached hydrogen (secondary N) is 2. The second kappa shape index (κ2) is 8.41. The molecule has 0 heterocycles. The fourth-order valence-electron chi connectivity index (χ4n) is 1.58. The summed E-state index contributed by atoms with van der Waals surface area (Å²) in [5, 5.41) is 13.8. The monoisotopic (exact) mass is 295 g/mol. The summed E-state index contributed by atoms with van der Waals surface area (Å²) in [5.41, 5.74) is 6.03. The summed E-state index contributed by atoms with van der Waals surface area (Å²) in [4.78, 5) is 32.6. The maximum atomic E-state index is 11.6. The molecular weight excluding hydrogens is 278 g/mol. The highest BCUT2D eigenvalue weighted by Crippen LogP contribution is 2.16. The van der Waals surface area contributed by atoms with E-state index < -0.39 is 18.1 Å². The van der Waals surface area contributed by atoms with Gasteiger partial charge in [-0.3, -0.25) is 4.79 Å². The molecule has 0 fully saturated rings. The number of amides is 3. The Morgan fingerprint density at radius 1 is 1.24 bits per heavy atom. The number of hydrogen-bond acceptors (Lipinski definition) is 4. The number of carbonyl (C=O) groups excluding carboxylic acids is 2.